The third-order valence-electron chi connectivity index (χ3n) is 5.78. The molecule has 5 nitrogen and oxygen atoms in total. The first-order chi connectivity index (χ1) is 11.1. The van der Waals surface area contributed by atoms with Crippen LogP contribution in [0.5, 0.6) is 0 Å². The van der Waals surface area contributed by atoms with E-state index in [-0.39, 0.29) is 29.6 Å². The molecule has 0 aromatic carbocycles. The third kappa shape index (κ3) is 4.50. The van der Waals surface area contributed by atoms with Crippen LogP contribution in [0.25, 0.3) is 0 Å². The highest BCUT2D eigenvalue weighted by atomic mass is 16.7. The molecule has 5 heteroatoms. The summed E-state index contributed by atoms with van der Waals surface area (Å²) in [4.78, 5) is 17.4. The number of hydrogen-bond donors (Lipinski definition) is 1. The highest BCUT2D eigenvalue weighted by molar-refractivity contribution is 5.65. The van der Waals surface area contributed by atoms with E-state index < -0.39 is 5.60 Å². The molecule has 1 aliphatic heterocycles. The van der Waals surface area contributed by atoms with Crippen LogP contribution in [0.1, 0.15) is 79.6 Å². The Bertz CT molecular complexity index is 433. The summed E-state index contributed by atoms with van der Waals surface area (Å²) >= 11 is 0. The number of aliphatic hydroxyl groups is 1. The van der Waals surface area contributed by atoms with E-state index in [2.05, 4.69) is 32.8 Å². The van der Waals surface area contributed by atoms with Crippen molar-refractivity contribution in [2.24, 2.45) is 5.92 Å². The lowest BCUT2D eigenvalue weighted by Crippen LogP contribution is -2.59. The van der Waals surface area contributed by atoms with Gasteiger partial charge < -0.3 is 9.84 Å². The van der Waals surface area contributed by atoms with Crippen molar-refractivity contribution < 1.29 is 19.5 Å². The number of piperidine rings is 1. The normalized spacial score (nSPS) is 33.2. The zero-order valence-electron chi connectivity index (χ0n) is 16.1. The second-order valence-corrected chi connectivity index (χ2v) is 8.90. The van der Waals surface area contributed by atoms with E-state index in [4.69, 9.17) is 9.57 Å². The van der Waals surface area contributed by atoms with Crippen LogP contribution in [-0.4, -0.2) is 46.0 Å². The Morgan fingerprint density at radius 3 is 2.29 bits per heavy atom. The highest BCUT2D eigenvalue weighted by Crippen LogP contribution is 2.40. The molecule has 1 N–H and O–H groups in total. The van der Waals surface area contributed by atoms with Gasteiger partial charge in [0, 0.05) is 23.9 Å². The number of nitrogens with zero attached hydrogens (tertiary/aromatic N) is 1. The maximum atomic E-state index is 11.1. The Kier molecular flexibility index (Phi) is 5.99. The molecule has 0 radical (unpaired) electrons. The van der Waals surface area contributed by atoms with Crippen molar-refractivity contribution in [1.82, 2.24) is 5.06 Å². The summed E-state index contributed by atoms with van der Waals surface area (Å²) in [7, 11) is 0. The van der Waals surface area contributed by atoms with Crippen molar-refractivity contribution in [3.8, 4) is 0 Å². The minimum atomic E-state index is -0.964. The lowest BCUT2D eigenvalue weighted by molar-refractivity contribution is -0.295. The van der Waals surface area contributed by atoms with Crippen LogP contribution >= 0.6 is 0 Å². The Hall–Kier alpha value is -0.650. The topological polar surface area (TPSA) is 59.0 Å². The molecule has 2 fully saturated rings. The first-order valence-electron chi connectivity index (χ1n) is 9.36. The van der Waals surface area contributed by atoms with Gasteiger partial charge in [-0.3, -0.25) is 9.63 Å². The molecule has 0 amide bonds. The largest absolute Gasteiger partial charge is 0.463 e. The van der Waals surface area contributed by atoms with Crippen molar-refractivity contribution in [3.63, 3.8) is 0 Å². The number of carbonyl (C=O) groups is 1. The van der Waals surface area contributed by atoms with Gasteiger partial charge in [-0.05, 0) is 59.8 Å². The van der Waals surface area contributed by atoms with E-state index >= 15 is 0 Å². The Balaban J connectivity index is 2.03. The molecule has 0 bridgehead atoms. The fraction of sp³-hybridized carbons (Fsp3) is 0.947. The maximum Gasteiger partial charge on any atom is 0.302 e. The van der Waals surface area contributed by atoms with E-state index in [1.807, 2.05) is 0 Å². The summed E-state index contributed by atoms with van der Waals surface area (Å²) in [6.07, 6.45) is 7.06. The van der Waals surface area contributed by atoms with Crippen LogP contribution in [0.3, 0.4) is 0 Å². The van der Waals surface area contributed by atoms with Gasteiger partial charge >= 0.3 is 5.97 Å². The Labute approximate surface area is 146 Å². The zero-order chi connectivity index (χ0) is 18.0. The summed E-state index contributed by atoms with van der Waals surface area (Å²) in [5.74, 6) is -0.342. The van der Waals surface area contributed by atoms with Gasteiger partial charge in [-0.1, -0.05) is 12.8 Å². The summed E-state index contributed by atoms with van der Waals surface area (Å²) in [5, 5.41) is 13.1. The maximum absolute atomic E-state index is 11.1. The van der Waals surface area contributed by atoms with Crippen LogP contribution in [0.15, 0.2) is 0 Å². The molecule has 140 valence electrons. The first kappa shape index (κ1) is 19.7. The summed E-state index contributed by atoms with van der Waals surface area (Å²) in [5.41, 5.74) is -0.983. The second-order valence-electron chi connectivity index (χ2n) is 8.90. The Morgan fingerprint density at radius 2 is 1.71 bits per heavy atom. The molecule has 0 spiro atoms. The SMILES string of the molecule is CC(=O)OC[C@]1(O)CCCC[C@@H]1CON1C(C)(C)CCCC1(C)C. The number of hydroxylamine groups is 2. The number of ether oxygens (including phenoxy) is 1. The fourth-order valence-corrected chi connectivity index (χ4v) is 4.44. The highest BCUT2D eigenvalue weighted by Gasteiger charge is 2.45. The van der Waals surface area contributed by atoms with Crippen molar-refractivity contribution in [2.45, 2.75) is 96.2 Å². The molecule has 0 aromatic rings. The van der Waals surface area contributed by atoms with Crippen molar-refractivity contribution in [2.75, 3.05) is 13.2 Å². The number of hydrogen-bond acceptors (Lipinski definition) is 5. The fourth-order valence-electron chi connectivity index (χ4n) is 4.44. The van der Waals surface area contributed by atoms with E-state index in [1.165, 1.54) is 13.3 Å². The molecule has 0 aromatic heterocycles. The van der Waals surface area contributed by atoms with E-state index in [0.717, 1.165) is 32.1 Å². The molecule has 2 atom stereocenters. The lowest BCUT2D eigenvalue weighted by Gasteiger charge is -2.52. The smallest absolute Gasteiger partial charge is 0.302 e. The quantitative estimate of drug-likeness (QED) is 0.776. The standard InChI is InChI=1S/C19H35NO4/c1-15(21)23-14-19(22)12-7-6-9-16(19)13-24-20-17(2,3)10-8-11-18(20,4)5/h16,22H,6-14H2,1-5H3/t16-,19-/m1/s1. The second kappa shape index (κ2) is 7.30. The van der Waals surface area contributed by atoms with Gasteiger partial charge in [0.25, 0.3) is 0 Å². The summed E-state index contributed by atoms with van der Waals surface area (Å²) in [6, 6.07) is 0. The number of rotatable bonds is 5. The summed E-state index contributed by atoms with van der Waals surface area (Å²) in [6.45, 7) is 10.8. The van der Waals surface area contributed by atoms with E-state index in [9.17, 15) is 9.90 Å². The molecule has 1 aliphatic carbocycles. The van der Waals surface area contributed by atoms with Gasteiger partial charge in [-0.25, -0.2) is 0 Å². The number of esters is 1. The minimum absolute atomic E-state index is 0.000809. The van der Waals surface area contributed by atoms with E-state index in [1.54, 1.807) is 0 Å². The first-order valence-corrected chi connectivity index (χ1v) is 9.36. The predicted molar refractivity (Wildman–Crippen MR) is 93.3 cm³/mol. The monoisotopic (exact) mass is 341 g/mol. The molecule has 24 heavy (non-hydrogen) atoms. The molecule has 1 saturated carbocycles. The number of carbonyl (C=O) groups excluding carboxylic acids is 1. The summed E-state index contributed by atoms with van der Waals surface area (Å²) < 4.78 is 5.13. The van der Waals surface area contributed by atoms with E-state index in [0.29, 0.717) is 13.0 Å². The lowest BCUT2D eigenvalue weighted by atomic mass is 9.76. The molecule has 1 heterocycles. The zero-order valence-corrected chi connectivity index (χ0v) is 16.1. The average Bonchev–Trinajstić information content (AvgIpc) is 2.45. The van der Waals surface area contributed by atoms with Gasteiger partial charge in [-0.15, -0.1) is 0 Å². The van der Waals surface area contributed by atoms with Gasteiger partial charge in [-0.2, -0.15) is 5.06 Å². The van der Waals surface area contributed by atoms with Crippen molar-refractivity contribution in [1.29, 1.82) is 0 Å². The van der Waals surface area contributed by atoms with Crippen LogP contribution in [0, 0.1) is 5.92 Å². The van der Waals surface area contributed by atoms with Crippen LogP contribution in [0.4, 0.5) is 0 Å². The van der Waals surface area contributed by atoms with Crippen LogP contribution < -0.4 is 0 Å². The minimum Gasteiger partial charge on any atom is -0.463 e. The third-order valence-corrected chi connectivity index (χ3v) is 5.78. The molecular formula is C19H35NO4. The van der Waals surface area contributed by atoms with Gasteiger partial charge in [0.2, 0.25) is 0 Å². The van der Waals surface area contributed by atoms with Crippen LogP contribution in [-0.2, 0) is 14.4 Å². The molecule has 0 unspecified atom stereocenters. The van der Waals surface area contributed by atoms with Gasteiger partial charge in [0.05, 0.1) is 6.61 Å². The van der Waals surface area contributed by atoms with Gasteiger partial charge in [0.1, 0.15) is 12.2 Å². The van der Waals surface area contributed by atoms with Crippen molar-refractivity contribution >= 4 is 5.97 Å². The molecule has 2 aliphatic rings. The van der Waals surface area contributed by atoms with Crippen LogP contribution in [0.2, 0.25) is 0 Å². The molecule has 1 saturated heterocycles. The average molecular weight is 341 g/mol. The molecule has 2 rings (SSSR count). The van der Waals surface area contributed by atoms with Gasteiger partial charge in [0.15, 0.2) is 0 Å². The van der Waals surface area contributed by atoms with Crippen molar-refractivity contribution in [3.05, 3.63) is 0 Å². The predicted octanol–water partition coefficient (Wildman–Crippen LogP) is 3.45. The Morgan fingerprint density at radius 1 is 1.08 bits per heavy atom. The molecular weight excluding hydrogens is 306 g/mol.